The van der Waals surface area contributed by atoms with Crippen molar-refractivity contribution < 1.29 is 0 Å². The Bertz CT molecular complexity index is 392. The number of nitrogens with two attached hydrogens (primary N) is 1. The van der Waals surface area contributed by atoms with Gasteiger partial charge in [-0.3, -0.25) is 10.2 Å². The van der Waals surface area contributed by atoms with E-state index >= 15 is 0 Å². The van der Waals surface area contributed by atoms with E-state index in [0.717, 1.165) is 18.2 Å². The summed E-state index contributed by atoms with van der Waals surface area (Å²) in [6.07, 6.45) is 4.06. The minimum Gasteiger partial charge on any atom is -0.378 e. The molecule has 0 amide bonds. The summed E-state index contributed by atoms with van der Waals surface area (Å²) in [5.41, 5.74) is 4.99. The molecule has 0 bridgehead atoms. The number of hydrogen-bond donors (Lipinski definition) is 2. The van der Waals surface area contributed by atoms with Crippen LogP contribution in [0.25, 0.3) is 0 Å². The molecule has 15 heavy (non-hydrogen) atoms. The highest BCUT2D eigenvalue weighted by Gasteiger charge is 2.05. The number of rotatable bonds is 3. The lowest BCUT2D eigenvalue weighted by molar-refractivity contribution is 0.632. The van der Waals surface area contributed by atoms with E-state index in [9.17, 15) is 4.79 Å². The number of amidine groups is 1. The van der Waals surface area contributed by atoms with Gasteiger partial charge in [0.05, 0.1) is 0 Å². The van der Waals surface area contributed by atoms with Crippen LogP contribution in [0.5, 0.6) is 0 Å². The second-order valence-electron chi connectivity index (χ2n) is 2.70. The summed E-state index contributed by atoms with van der Waals surface area (Å²) in [6, 6.07) is 0. The Kier molecular flexibility index (Phi) is 6.26. The molecule has 1 aromatic heterocycles. The zero-order valence-electron chi connectivity index (χ0n) is 8.27. The molecule has 0 aliphatic carbocycles. The van der Waals surface area contributed by atoms with Crippen LogP contribution >= 0.6 is 28.7 Å². The van der Waals surface area contributed by atoms with Crippen molar-refractivity contribution in [1.82, 2.24) is 9.55 Å². The molecule has 1 heterocycles. The normalized spacial score (nSPS) is 9.40. The Morgan fingerprint density at radius 3 is 2.93 bits per heavy atom. The summed E-state index contributed by atoms with van der Waals surface area (Å²) >= 11 is 0.882. The molecule has 0 atom stereocenters. The third-order valence-electron chi connectivity index (χ3n) is 1.55. The van der Waals surface area contributed by atoms with E-state index in [-0.39, 0.29) is 32.7 Å². The van der Waals surface area contributed by atoms with Crippen LogP contribution < -0.4 is 11.3 Å². The van der Waals surface area contributed by atoms with Gasteiger partial charge in [-0.15, -0.1) is 17.0 Å². The van der Waals surface area contributed by atoms with E-state index in [4.69, 9.17) is 11.1 Å². The smallest absolute Gasteiger partial charge is 0.283 e. The Morgan fingerprint density at radius 2 is 2.40 bits per heavy atom. The summed E-state index contributed by atoms with van der Waals surface area (Å²) in [6.45, 7) is 2.65. The predicted octanol–water partition coefficient (Wildman–Crippen LogP) is 1.22. The fourth-order valence-corrected chi connectivity index (χ4v) is 1.54. The number of aryl methyl sites for hydroxylation is 1. The minimum atomic E-state index is -0.186. The molecule has 3 N–H and O–H groups in total. The third-order valence-corrected chi connectivity index (χ3v) is 2.25. The van der Waals surface area contributed by atoms with Gasteiger partial charge in [-0.25, -0.2) is 4.98 Å². The van der Waals surface area contributed by atoms with Crippen molar-refractivity contribution in [1.29, 1.82) is 5.41 Å². The average molecular weight is 293 g/mol. The number of halogens is 1. The first-order chi connectivity index (χ1) is 6.65. The van der Waals surface area contributed by atoms with E-state index in [1.165, 1.54) is 0 Å². The molecule has 0 saturated carbocycles. The first-order valence-electron chi connectivity index (χ1n) is 4.22. The summed E-state index contributed by atoms with van der Waals surface area (Å²) in [4.78, 5) is 15.5. The highest BCUT2D eigenvalue weighted by molar-refractivity contribution is 8.93. The Hall–Kier alpha value is -0.820. The lowest BCUT2D eigenvalue weighted by atomic mass is 10.5. The number of aromatic nitrogens is 2. The summed E-state index contributed by atoms with van der Waals surface area (Å²) in [7, 11) is 0. The van der Waals surface area contributed by atoms with E-state index in [1.807, 2.05) is 6.92 Å². The van der Waals surface area contributed by atoms with Crippen LogP contribution in [0, 0.1) is 5.41 Å². The second-order valence-corrected chi connectivity index (χ2v) is 3.73. The SMILES string of the molecule is Br.CCCn1ccnc(SC(=N)N)c1=O. The molecule has 0 spiro atoms. The standard InChI is InChI=1S/C8H12N4OS.BrH/c1-2-4-12-5-3-11-6(7(12)13)14-8(9)10;/h3,5H,2,4H2,1H3,(H3,9,10);1H. The van der Waals surface area contributed by atoms with E-state index in [2.05, 4.69) is 4.98 Å². The number of hydrogen-bond acceptors (Lipinski definition) is 4. The van der Waals surface area contributed by atoms with Gasteiger partial charge < -0.3 is 10.3 Å². The maximum absolute atomic E-state index is 11.6. The van der Waals surface area contributed by atoms with Gasteiger partial charge in [0.1, 0.15) is 0 Å². The zero-order valence-corrected chi connectivity index (χ0v) is 10.8. The van der Waals surface area contributed by atoms with E-state index in [1.54, 1.807) is 17.0 Å². The van der Waals surface area contributed by atoms with Crippen LogP contribution in [0.15, 0.2) is 22.2 Å². The van der Waals surface area contributed by atoms with Crippen molar-refractivity contribution in [3.05, 3.63) is 22.7 Å². The highest BCUT2D eigenvalue weighted by atomic mass is 79.9. The predicted molar refractivity (Wildman–Crippen MR) is 66.9 cm³/mol. The second kappa shape index (κ2) is 6.62. The van der Waals surface area contributed by atoms with Crippen LogP contribution in [-0.4, -0.2) is 14.7 Å². The van der Waals surface area contributed by atoms with Gasteiger partial charge in [0.2, 0.25) is 0 Å². The molecule has 84 valence electrons. The first-order valence-corrected chi connectivity index (χ1v) is 5.04. The highest BCUT2D eigenvalue weighted by Crippen LogP contribution is 2.07. The molecule has 0 fully saturated rings. The molecule has 7 heteroatoms. The molecule has 0 saturated heterocycles. The molecular weight excluding hydrogens is 280 g/mol. The van der Waals surface area contributed by atoms with Crippen molar-refractivity contribution in [2.24, 2.45) is 5.73 Å². The van der Waals surface area contributed by atoms with Crippen molar-refractivity contribution in [3.8, 4) is 0 Å². The zero-order chi connectivity index (χ0) is 10.6. The van der Waals surface area contributed by atoms with Crippen molar-refractivity contribution in [3.63, 3.8) is 0 Å². The Labute approximate surface area is 102 Å². The average Bonchev–Trinajstić information content (AvgIpc) is 2.11. The van der Waals surface area contributed by atoms with E-state index < -0.39 is 0 Å². The van der Waals surface area contributed by atoms with Gasteiger partial charge in [-0.2, -0.15) is 0 Å². The fourth-order valence-electron chi connectivity index (χ4n) is 1.02. The Balaban J connectivity index is 0.00000196. The number of nitrogens with zero attached hydrogens (tertiary/aromatic N) is 2. The molecule has 0 aromatic carbocycles. The third kappa shape index (κ3) is 4.05. The lowest BCUT2D eigenvalue weighted by Gasteiger charge is -2.04. The maximum Gasteiger partial charge on any atom is 0.283 e. The largest absolute Gasteiger partial charge is 0.378 e. The van der Waals surface area contributed by atoms with Crippen LogP contribution in [0.4, 0.5) is 0 Å². The van der Waals surface area contributed by atoms with Crippen molar-refractivity contribution >= 4 is 33.9 Å². The number of nitrogens with one attached hydrogen (secondary N) is 1. The van der Waals surface area contributed by atoms with Gasteiger partial charge in [-0.1, -0.05) is 6.92 Å². The molecule has 1 rings (SSSR count). The molecule has 0 aliphatic heterocycles. The van der Waals surface area contributed by atoms with Gasteiger partial charge in [-0.05, 0) is 18.2 Å². The number of thioether (sulfide) groups is 1. The maximum atomic E-state index is 11.6. The van der Waals surface area contributed by atoms with Gasteiger partial charge in [0.15, 0.2) is 10.2 Å². The fraction of sp³-hybridized carbons (Fsp3) is 0.375. The summed E-state index contributed by atoms with van der Waals surface area (Å²) in [5.74, 6) is 0. The molecule has 1 aromatic rings. The molecule has 0 unspecified atom stereocenters. The Morgan fingerprint density at radius 1 is 1.73 bits per heavy atom. The van der Waals surface area contributed by atoms with Crippen LogP contribution in [-0.2, 0) is 6.54 Å². The summed E-state index contributed by atoms with van der Waals surface area (Å²) in [5, 5.41) is 7.19. The van der Waals surface area contributed by atoms with Gasteiger partial charge >= 0.3 is 0 Å². The van der Waals surface area contributed by atoms with E-state index in [0.29, 0.717) is 6.54 Å². The van der Waals surface area contributed by atoms with Gasteiger partial charge in [0.25, 0.3) is 5.56 Å². The molecule has 5 nitrogen and oxygen atoms in total. The first kappa shape index (κ1) is 14.2. The van der Waals surface area contributed by atoms with Gasteiger partial charge in [0, 0.05) is 18.9 Å². The van der Waals surface area contributed by atoms with Crippen LogP contribution in [0.1, 0.15) is 13.3 Å². The monoisotopic (exact) mass is 292 g/mol. The van der Waals surface area contributed by atoms with Crippen molar-refractivity contribution in [2.45, 2.75) is 24.9 Å². The minimum absolute atomic E-state index is 0. The summed E-state index contributed by atoms with van der Waals surface area (Å²) < 4.78 is 1.57. The van der Waals surface area contributed by atoms with Crippen LogP contribution in [0.3, 0.4) is 0 Å². The lowest BCUT2D eigenvalue weighted by Crippen LogP contribution is -2.23. The topological polar surface area (TPSA) is 84.8 Å². The van der Waals surface area contributed by atoms with Crippen LogP contribution in [0.2, 0.25) is 0 Å². The molecule has 0 aliphatic rings. The molecule has 0 radical (unpaired) electrons. The molecular formula is C8H13BrN4OS. The quantitative estimate of drug-likeness (QED) is 0.498. The van der Waals surface area contributed by atoms with Crippen molar-refractivity contribution in [2.75, 3.05) is 0 Å².